The van der Waals surface area contributed by atoms with Gasteiger partial charge in [-0.2, -0.15) is 26.3 Å². The molecule has 0 saturated carbocycles. The largest absolute Gasteiger partial charge is 0.402 e. The first kappa shape index (κ1) is 16.4. The van der Waals surface area contributed by atoms with Gasteiger partial charge in [0.25, 0.3) is 0 Å². The van der Waals surface area contributed by atoms with E-state index in [2.05, 4.69) is 15.9 Å². The van der Waals surface area contributed by atoms with Gasteiger partial charge in [0.05, 0.1) is 14.2 Å². The molecule has 1 aromatic rings. The Morgan fingerprint density at radius 3 is 1.83 bits per heavy atom. The molecule has 0 amide bonds. The summed E-state index contributed by atoms with van der Waals surface area (Å²) in [5.41, 5.74) is 0. The van der Waals surface area contributed by atoms with Gasteiger partial charge in [-0.1, -0.05) is 11.6 Å². The lowest BCUT2D eigenvalue weighted by Gasteiger charge is -2.26. The second-order valence-corrected chi connectivity index (χ2v) is 6.51. The monoisotopic (exact) mass is 394 g/mol. The van der Waals surface area contributed by atoms with E-state index < -0.39 is 23.6 Å². The van der Waals surface area contributed by atoms with Gasteiger partial charge in [-0.3, -0.25) is 0 Å². The highest BCUT2D eigenvalue weighted by Gasteiger charge is 2.60. The summed E-state index contributed by atoms with van der Waals surface area (Å²) in [7, 11) is 0. The summed E-state index contributed by atoms with van der Waals surface area (Å²) in [4.78, 5) is -0.298. The van der Waals surface area contributed by atoms with Gasteiger partial charge in [0.2, 0.25) is 0 Å². The Labute approximate surface area is 120 Å². The van der Waals surface area contributed by atoms with Crippen LogP contribution >= 0.6 is 50.5 Å². The number of hydrogen-bond donors (Lipinski definition) is 0. The first-order valence-corrected chi connectivity index (χ1v) is 6.59. The standard InChI is InChI=1S/C8H3BrCl2F6S/c9-6-2(10)1-3(18-6)4(11)5(7(12,13)14)8(15,16)17/h1,4-5H. The van der Waals surface area contributed by atoms with Gasteiger partial charge in [-0.25, -0.2) is 0 Å². The van der Waals surface area contributed by atoms with E-state index in [9.17, 15) is 26.3 Å². The molecule has 0 nitrogen and oxygen atoms in total. The Morgan fingerprint density at radius 2 is 1.56 bits per heavy atom. The smallest absolute Gasteiger partial charge is 0.170 e. The van der Waals surface area contributed by atoms with E-state index in [1.165, 1.54) is 0 Å². The predicted molar refractivity (Wildman–Crippen MR) is 61.2 cm³/mol. The molecule has 0 aromatic carbocycles. The predicted octanol–water partition coefficient (Wildman–Crippen LogP) is 6.18. The molecule has 0 saturated heterocycles. The van der Waals surface area contributed by atoms with E-state index in [1.54, 1.807) is 0 Å². The lowest BCUT2D eigenvalue weighted by molar-refractivity contribution is -0.284. The zero-order valence-electron chi connectivity index (χ0n) is 8.04. The number of hydrogen-bond acceptors (Lipinski definition) is 1. The first-order valence-electron chi connectivity index (χ1n) is 4.17. The minimum Gasteiger partial charge on any atom is -0.170 e. The molecule has 0 N–H and O–H groups in total. The van der Waals surface area contributed by atoms with E-state index in [1.807, 2.05) is 0 Å². The molecule has 0 aliphatic rings. The van der Waals surface area contributed by atoms with E-state index >= 15 is 0 Å². The summed E-state index contributed by atoms with van der Waals surface area (Å²) in [6.45, 7) is 0. The molecule has 1 unspecified atom stereocenters. The Morgan fingerprint density at radius 1 is 1.11 bits per heavy atom. The average Bonchev–Trinajstić information content (AvgIpc) is 2.41. The molecule has 0 aliphatic heterocycles. The molecule has 1 heterocycles. The molecule has 1 rings (SSSR count). The Balaban J connectivity index is 3.15. The Kier molecular flexibility index (Phi) is 4.90. The van der Waals surface area contributed by atoms with Crippen LogP contribution in [0.1, 0.15) is 10.3 Å². The van der Waals surface area contributed by atoms with Gasteiger partial charge in [0.1, 0.15) is 0 Å². The Hall–Kier alpha value is 0.340. The van der Waals surface area contributed by atoms with Crippen molar-refractivity contribution in [3.05, 3.63) is 19.8 Å². The maximum Gasteiger partial charge on any atom is 0.402 e. The average molecular weight is 396 g/mol. The van der Waals surface area contributed by atoms with Gasteiger partial charge in [-0.05, 0) is 22.0 Å². The zero-order chi connectivity index (χ0) is 14.3. The van der Waals surface area contributed by atoms with Crippen molar-refractivity contribution in [1.82, 2.24) is 0 Å². The van der Waals surface area contributed by atoms with Crippen molar-refractivity contribution in [2.75, 3.05) is 0 Å². The normalized spacial score (nSPS) is 15.2. The quantitative estimate of drug-likeness (QED) is 0.414. The van der Waals surface area contributed by atoms with Crippen LogP contribution in [0.15, 0.2) is 9.85 Å². The molecule has 18 heavy (non-hydrogen) atoms. The van der Waals surface area contributed by atoms with Crippen LogP contribution in [-0.2, 0) is 0 Å². The minimum absolute atomic E-state index is 0.0174. The highest BCUT2D eigenvalue weighted by Crippen LogP contribution is 2.51. The van der Waals surface area contributed by atoms with E-state index in [0.717, 1.165) is 6.07 Å². The fraction of sp³-hybridized carbons (Fsp3) is 0.500. The summed E-state index contributed by atoms with van der Waals surface area (Å²) in [6.07, 6.45) is -11.0. The van der Waals surface area contributed by atoms with Crippen LogP contribution in [0, 0.1) is 5.92 Å². The summed E-state index contributed by atoms with van der Waals surface area (Å²) in [5.74, 6) is -3.63. The lowest BCUT2D eigenvalue weighted by atomic mass is 10.0. The van der Waals surface area contributed by atoms with Crippen LogP contribution in [0.3, 0.4) is 0 Å². The van der Waals surface area contributed by atoms with E-state index in [-0.39, 0.29) is 13.7 Å². The molecule has 0 aliphatic carbocycles. The maximum atomic E-state index is 12.4. The van der Waals surface area contributed by atoms with Crippen LogP contribution in [0.4, 0.5) is 26.3 Å². The van der Waals surface area contributed by atoms with Crippen molar-refractivity contribution in [2.24, 2.45) is 5.92 Å². The van der Waals surface area contributed by atoms with Crippen LogP contribution < -0.4 is 0 Å². The van der Waals surface area contributed by atoms with Crippen molar-refractivity contribution < 1.29 is 26.3 Å². The van der Waals surface area contributed by atoms with Gasteiger partial charge in [0, 0.05) is 4.88 Å². The highest BCUT2D eigenvalue weighted by atomic mass is 79.9. The van der Waals surface area contributed by atoms with E-state index in [4.69, 9.17) is 23.2 Å². The number of thiophene rings is 1. The van der Waals surface area contributed by atoms with Crippen LogP contribution in [0.5, 0.6) is 0 Å². The highest BCUT2D eigenvalue weighted by molar-refractivity contribution is 9.11. The van der Waals surface area contributed by atoms with Crippen LogP contribution in [0.2, 0.25) is 5.02 Å². The summed E-state index contributed by atoms with van der Waals surface area (Å²) < 4.78 is 74.7. The van der Waals surface area contributed by atoms with Crippen molar-refractivity contribution in [3.8, 4) is 0 Å². The third-order valence-electron chi connectivity index (χ3n) is 1.93. The molecule has 104 valence electrons. The topological polar surface area (TPSA) is 0 Å². The van der Waals surface area contributed by atoms with Crippen LogP contribution in [-0.4, -0.2) is 12.4 Å². The summed E-state index contributed by atoms with van der Waals surface area (Å²) >= 11 is 14.4. The first-order chi connectivity index (χ1) is 7.94. The molecular formula is C8H3BrCl2F6S. The van der Waals surface area contributed by atoms with Gasteiger partial charge in [-0.15, -0.1) is 22.9 Å². The van der Waals surface area contributed by atoms with Gasteiger partial charge < -0.3 is 0 Å². The SMILES string of the molecule is FC(F)(F)C(C(Cl)c1cc(Cl)c(Br)s1)C(F)(F)F. The van der Waals surface area contributed by atoms with Crippen molar-refractivity contribution in [2.45, 2.75) is 17.7 Å². The lowest BCUT2D eigenvalue weighted by Crippen LogP contribution is -2.39. The molecule has 0 fully saturated rings. The molecule has 0 bridgehead atoms. The summed E-state index contributed by atoms with van der Waals surface area (Å²) in [5, 5.41) is -2.25. The molecule has 1 atom stereocenters. The summed E-state index contributed by atoms with van der Waals surface area (Å²) in [6, 6.07) is 0.985. The molecule has 1 aromatic heterocycles. The van der Waals surface area contributed by atoms with E-state index in [0.29, 0.717) is 11.3 Å². The maximum absolute atomic E-state index is 12.4. The Bertz CT molecular complexity index is 393. The fourth-order valence-corrected chi connectivity index (χ4v) is 3.43. The number of halogens is 9. The molecular weight excluding hydrogens is 393 g/mol. The third kappa shape index (κ3) is 3.68. The van der Waals surface area contributed by atoms with Gasteiger partial charge in [0.15, 0.2) is 5.92 Å². The van der Waals surface area contributed by atoms with Crippen molar-refractivity contribution in [3.63, 3.8) is 0 Å². The zero-order valence-corrected chi connectivity index (χ0v) is 12.0. The van der Waals surface area contributed by atoms with Crippen molar-refractivity contribution >= 4 is 50.5 Å². The molecule has 10 heteroatoms. The van der Waals surface area contributed by atoms with Crippen molar-refractivity contribution in [1.29, 1.82) is 0 Å². The third-order valence-corrected chi connectivity index (χ3v) is 5.11. The number of alkyl halides is 7. The van der Waals surface area contributed by atoms with Crippen LogP contribution in [0.25, 0.3) is 0 Å². The fourth-order valence-electron chi connectivity index (χ4n) is 1.18. The number of rotatable bonds is 2. The molecule has 0 radical (unpaired) electrons. The second-order valence-electron chi connectivity index (χ2n) is 3.23. The second kappa shape index (κ2) is 5.38. The molecule has 0 spiro atoms. The minimum atomic E-state index is -5.48. The van der Waals surface area contributed by atoms with Gasteiger partial charge >= 0.3 is 12.4 Å².